The molecule has 0 aliphatic heterocycles. The summed E-state index contributed by atoms with van der Waals surface area (Å²) in [5.41, 5.74) is 2.86. The monoisotopic (exact) mass is 618 g/mol. The molecule has 1 fully saturated rings. The van der Waals surface area contributed by atoms with E-state index >= 15 is 0 Å². The van der Waals surface area contributed by atoms with Gasteiger partial charge in [-0.05, 0) is 36.7 Å². The number of nitrogens with zero attached hydrogens (tertiary/aromatic N) is 4. The van der Waals surface area contributed by atoms with Crippen molar-refractivity contribution in [2.45, 2.75) is 90.5 Å². The van der Waals surface area contributed by atoms with Crippen molar-refractivity contribution in [3.63, 3.8) is 0 Å². The summed E-state index contributed by atoms with van der Waals surface area (Å²) in [7, 11) is -1.25. The van der Waals surface area contributed by atoms with E-state index < -0.39 is 39.4 Å². The van der Waals surface area contributed by atoms with E-state index in [1.54, 1.807) is 23.7 Å². The van der Waals surface area contributed by atoms with Crippen molar-refractivity contribution in [1.29, 1.82) is 0 Å². The molecule has 1 aromatic carbocycles. The molecule has 2 atom stereocenters. The van der Waals surface area contributed by atoms with Crippen molar-refractivity contribution >= 4 is 33.2 Å². The van der Waals surface area contributed by atoms with Gasteiger partial charge in [-0.2, -0.15) is 5.10 Å². The van der Waals surface area contributed by atoms with Crippen molar-refractivity contribution in [2.75, 3.05) is 20.3 Å². The second kappa shape index (κ2) is 10.9. The van der Waals surface area contributed by atoms with Crippen molar-refractivity contribution in [3.05, 3.63) is 35.0 Å². The molecule has 2 aromatic heterocycles. The number of rotatable bonds is 12. The first-order valence-electron chi connectivity index (χ1n) is 14.8. The van der Waals surface area contributed by atoms with Gasteiger partial charge in [-0.25, -0.2) is 23.2 Å². The molecule has 2 unspecified atom stereocenters. The van der Waals surface area contributed by atoms with Crippen LogP contribution in [-0.2, 0) is 40.5 Å². The van der Waals surface area contributed by atoms with Gasteiger partial charge in [0.25, 0.3) is 5.92 Å². The highest BCUT2D eigenvalue weighted by Gasteiger charge is 2.78. The predicted molar refractivity (Wildman–Crippen MR) is 164 cm³/mol. The third kappa shape index (κ3) is 5.87. The molecule has 2 heterocycles. The number of hydrogen-bond donors (Lipinski definition) is 0. The van der Waals surface area contributed by atoms with Crippen LogP contribution in [-0.4, -0.2) is 67.7 Å². The highest BCUT2D eigenvalue weighted by molar-refractivity contribution is 6.76. The van der Waals surface area contributed by atoms with Crippen molar-refractivity contribution < 1.29 is 27.8 Å². The van der Waals surface area contributed by atoms with Crippen LogP contribution in [0.4, 0.5) is 8.78 Å². The van der Waals surface area contributed by atoms with Gasteiger partial charge in [0, 0.05) is 58.4 Å². The summed E-state index contributed by atoms with van der Waals surface area (Å²) in [5, 5.41) is 4.96. The maximum absolute atomic E-state index is 15.0. The van der Waals surface area contributed by atoms with Gasteiger partial charge in [-0.15, -0.1) is 0 Å². The van der Waals surface area contributed by atoms with Gasteiger partial charge in [0.1, 0.15) is 19.2 Å². The molecule has 0 N–H and O–H groups in total. The molecule has 230 valence electrons. The van der Waals surface area contributed by atoms with E-state index in [0.717, 1.165) is 28.9 Å². The lowest BCUT2D eigenvalue weighted by atomic mass is 9.87. The fourth-order valence-corrected chi connectivity index (χ4v) is 7.32. The summed E-state index contributed by atoms with van der Waals surface area (Å²) in [6, 6.07) is 7.24. The van der Waals surface area contributed by atoms with E-state index in [2.05, 4.69) is 39.3 Å². The summed E-state index contributed by atoms with van der Waals surface area (Å²) in [4.78, 5) is 17.2. The van der Waals surface area contributed by atoms with E-state index in [1.807, 2.05) is 10.6 Å². The Morgan fingerprint density at radius 2 is 1.69 bits per heavy atom. The molecular weight excluding hydrogens is 575 g/mol. The molecular formula is C30H44F2N4O4Si2. The number of halogens is 2. The maximum atomic E-state index is 15.0. The number of imidazole rings is 1. The van der Waals surface area contributed by atoms with Gasteiger partial charge < -0.3 is 14.2 Å². The van der Waals surface area contributed by atoms with E-state index in [1.165, 1.54) is 7.11 Å². The Morgan fingerprint density at radius 3 is 2.31 bits per heavy atom. The third-order valence-corrected chi connectivity index (χ3v) is 12.2. The number of esters is 1. The van der Waals surface area contributed by atoms with Gasteiger partial charge in [-0.3, -0.25) is 4.57 Å². The summed E-state index contributed by atoms with van der Waals surface area (Å²) in [5.74, 6) is -3.35. The van der Waals surface area contributed by atoms with Crippen molar-refractivity contribution in [2.24, 2.45) is 11.3 Å². The SMILES string of the molecule is COC(=O)c1ccc2c(c1)nc(-c1nn(COCC[Si](C)(C)C)c3c1CC1C(F)(F)C1(C)C3)n2COCC[Si](C)(C)C. The Kier molecular flexibility index (Phi) is 8.08. The van der Waals surface area contributed by atoms with Crippen LogP contribution in [0.1, 0.15) is 28.5 Å². The van der Waals surface area contributed by atoms with Crippen molar-refractivity contribution in [1.82, 2.24) is 19.3 Å². The van der Waals surface area contributed by atoms with Crippen molar-refractivity contribution in [3.8, 4) is 11.5 Å². The summed E-state index contributed by atoms with van der Waals surface area (Å²) < 4.78 is 50.8. The Labute approximate surface area is 248 Å². The first kappa shape index (κ1) is 31.0. The number of hydrogen-bond acceptors (Lipinski definition) is 6. The highest BCUT2D eigenvalue weighted by atomic mass is 28.3. The minimum Gasteiger partial charge on any atom is -0.465 e. The second-order valence-corrected chi connectivity index (χ2v) is 25.7. The molecule has 8 nitrogen and oxygen atoms in total. The molecule has 2 aliphatic carbocycles. The average molecular weight is 619 g/mol. The van der Waals surface area contributed by atoms with Gasteiger partial charge in [0.05, 0.1) is 23.7 Å². The third-order valence-electron chi connectivity index (χ3n) is 8.80. The van der Waals surface area contributed by atoms with Crippen LogP contribution >= 0.6 is 0 Å². The van der Waals surface area contributed by atoms with Crippen LogP contribution in [0.25, 0.3) is 22.6 Å². The number of methoxy groups -OCH3 is 1. The molecule has 5 rings (SSSR count). The molecule has 0 radical (unpaired) electrons. The van der Waals surface area contributed by atoms with Crippen LogP contribution in [0.3, 0.4) is 0 Å². The Balaban J connectivity index is 1.55. The van der Waals surface area contributed by atoms with Crippen LogP contribution in [0.15, 0.2) is 18.2 Å². The van der Waals surface area contributed by atoms with Crippen LogP contribution < -0.4 is 0 Å². The smallest absolute Gasteiger partial charge is 0.337 e. The van der Waals surface area contributed by atoms with Gasteiger partial charge in [-0.1, -0.05) is 46.2 Å². The van der Waals surface area contributed by atoms with Gasteiger partial charge in [0.15, 0.2) is 5.82 Å². The minimum absolute atomic E-state index is 0.207. The van der Waals surface area contributed by atoms with Crippen LogP contribution in [0, 0.1) is 11.3 Å². The predicted octanol–water partition coefficient (Wildman–Crippen LogP) is 6.68. The fourth-order valence-electron chi connectivity index (χ4n) is 5.80. The minimum atomic E-state index is -2.72. The molecule has 3 aromatic rings. The zero-order chi connectivity index (χ0) is 30.7. The Hall–Kier alpha value is -2.42. The zero-order valence-corrected chi connectivity index (χ0v) is 28.1. The first-order chi connectivity index (χ1) is 19.6. The number of fused-ring (bicyclic) bond motifs is 3. The zero-order valence-electron chi connectivity index (χ0n) is 26.1. The van der Waals surface area contributed by atoms with E-state index in [0.29, 0.717) is 35.8 Å². The molecule has 42 heavy (non-hydrogen) atoms. The lowest BCUT2D eigenvalue weighted by Crippen LogP contribution is -2.23. The molecule has 0 spiro atoms. The average Bonchev–Trinajstić information content (AvgIpc) is 3.20. The maximum Gasteiger partial charge on any atom is 0.337 e. The molecule has 12 heteroatoms. The standard InChI is InChI=1S/C30H44F2N4O4Si2/c1-29-17-24-21(16-25(29)30(29,31)32)26(34-36(24)19-40-12-14-42(6,7)8)27-33-22-15-20(28(37)38-2)9-10-23(22)35(27)18-39-11-13-41(3,4)5/h9-10,15,25H,11-14,16-19H2,1-8H3. The summed E-state index contributed by atoms with van der Waals surface area (Å²) >= 11 is 0. The fraction of sp³-hybridized carbons (Fsp3) is 0.633. The van der Waals surface area contributed by atoms with E-state index in [-0.39, 0.29) is 26.3 Å². The Morgan fingerprint density at radius 1 is 1.05 bits per heavy atom. The van der Waals surface area contributed by atoms with Crippen LogP contribution in [0.2, 0.25) is 51.4 Å². The van der Waals surface area contributed by atoms with E-state index in [4.69, 9.17) is 24.3 Å². The summed E-state index contributed by atoms with van der Waals surface area (Å²) in [6.07, 6.45) is 0.472. The van der Waals surface area contributed by atoms with E-state index in [9.17, 15) is 13.6 Å². The highest BCUT2D eigenvalue weighted by Crippen LogP contribution is 2.70. The lowest BCUT2D eigenvalue weighted by molar-refractivity contribution is 0.0590. The first-order valence-corrected chi connectivity index (χ1v) is 22.2. The van der Waals surface area contributed by atoms with Gasteiger partial charge in [0.2, 0.25) is 0 Å². The Bertz CT molecular complexity index is 1490. The quantitative estimate of drug-likeness (QED) is 0.128. The number of carbonyl (C=O) groups is 1. The largest absolute Gasteiger partial charge is 0.465 e. The molecule has 2 aliphatic rings. The molecule has 0 bridgehead atoms. The number of alkyl halides is 2. The van der Waals surface area contributed by atoms with Gasteiger partial charge >= 0.3 is 5.97 Å². The molecule has 0 saturated heterocycles. The number of ether oxygens (including phenoxy) is 3. The number of aromatic nitrogens is 4. The number of benzene rings is 1. The second-order valence-electron chi connectivity index (χ2n) is 14.5. The topological polar surface area (TPSA) is 80.4 Å². The summed E-state index contributed by atoms with van der Waals surface area (Å²) in [6.45, 7) is 17.1. The number of carbonyl (C=O) groups excluding carboxylic acids is 1. The van der Waals surface area contributed by atoms with Crippen LogP contribution in [0.5, 0.6) is 0 Å². The molecule has 1 saturated carbocycles. The normalized spacial score (nSPS) is 21.3. The lowest BCUT2D eigenvalue weighted by Gasteiger charge is -2.19. The molecule has 0 amide bonds.